The number of hydrogen-bond donors (Lipinski definition) is 1. The molecule has 0 unspecified atom stereocenters. The van der Waals surface area contributed by atoms with Gasteiger partial charge >= 0.3 is 0 Å². The van der Waals surface area contributed by atoms with E-state index in [9.17, 15) is 9.59 Å². The van der Waals surface area contributed by atoms with Crippen molar-refractivity contribution in [3.63, 3.8) is 0 Å². The molecular weight excluding hydrogens is 392 g/mol. The van der Waals surface area contributed by atoms with E-state index < -0.39 is 0 Å². The third kappa shape index (κ3) is 5.21. The van der Waals surface area contributed by atoms with Gasteiger partial charge in [-0.1, -0.05) is 6.92 Å². The Morgan fingerprint density at radius 1 is 1.16 bits per heavy atom. The van der Waals surface area contributed by atoms with Crippen molar-refractivity contribution in [1.82, 2.24) is 14.4 Å². The molecular formula is C24H35N4O3+. The largest absolute Gasteiger partial charge is 0.454 e. The number of carbonyl (C=O) groups is 2. The van der Waals surface area contributed by atoms with Crippen LogP contribution in [-0.2, 0) is 17.9 Å². The van der Waals surface area contributed by atoms with Crippen LogP contribution < -0.4 is 4.90 Å². The molecule has 7 nitrogen and oxygen atoms in total. The second-order valence-electron chi connectivity index (χ2n) is 8.82. The van der Waals surface area contributed by atoms with Crippen LogP contribution in [0.25, 0.3) is 0 Å². The van der Waals surface area contributed by atoms with Crippen molar-refractivity contribution >= 4 is 11.8 Å². The highest BCUT2D eigenvalue weighted by Gasteiger charge is 2.33. The van der Waals surface area contributed by atoms with Gasteiger partial charge in [0.1, 0.15) is 5.76 Å². The fourth-order valence-corrected chi connectivity index (χ4v) is 4.35. The number of hydrogen-bond acceptors (Lipinski definition) is 3. The topological polar surface area (TPSA) is 63.1 Å². The Morgan fingerprint density at radius 3 is 2.61 bits per heavy atom. The third-order valence-electron chi connectivity index (χ3n) is 6.46. The Hall–Kier alpha value is -2.54. The number of carbonyl (C=O) groups excluding carboxylic acids is 2. The minimum absolute atomic E-state index is 0.0155. The van der Waals surface area contributed by atoms with E-state index in [1.807, 2.05) is 28.1 Å². The van der Waals surface area contributed by atoms with Gasteiger partial charge in [0, 0.05) is 24.4 Å². The van der Waals surface area contributed by atoms with Gasteiger partial charge in [-0.25, -0.2) is 0 Å². The van der Waals surface area contributed by atoms with Gasteiger partial charge < -0.3 is 23.7 Å². The van der Waals surface area contributed by atoms with E-state index in [0.717, 1.165) is 70.0 Å². The van der Waals surface area contributed by atoms with Crippen LogP contribution in [0, 0.1) is 5.92 Å². The number of nitrogens with zero attached hydrogens (tertiary/aromatic N) is 3. The molecule has 1 saturated heterocycles. The Labute approximate surface area is 184 Å². The van der Waals surface area contributed by atoms with Crippen LogP contribution in [0.15, 0.2) is 34.9 Å². The van der Waals surface area contributed by atoms with Gasteiger partial charge in [-0.15, -0.1) is 0 Å². The van der Waals surface area contributed by atoms with Crippen LogP contribution in [-0.4, -0.2) is 65.4 Å². The molecule has 0 bridgehead atoms. The Balaban J connectivity index is 1.38. The average molecular weight is 428 g/mol. The minimum atomic E-state index is -0.0155. The normalized spacial score (nSPS) is 17.2. The van der Waals surface area contributed by atoms with Crippen molar-refractivity contribution < 1.29 is 18.9 Å². The fourth-order valence-electron chi connectivity index (χ4n) is 4.35. The molecule has 2 aromatic rings. The molecule has 3 heterocycles. The van der Waals surface area contributed by atoms with Gasteiger partial charge in [0.15, 0.2) is 5.76 Å². The maximum Gasteiger partial charge on any atom is 0.289 e. The van der Waals surface area contributed by atoms with Crippen LogP contribution in [0.3, 0.4) is 0 Å². The van der Waals surface area contributed by atoms with Crippen LogP contribution in [0.2, 0.25) is 0 Å². The molecule has 31 heavy (non-hydrogen) atoms. The highest BCUT2D eigenvalue weighted by Crippen LogP contribution is 2.31. The van der Waals surface area contributed by atoms with E-state index >= 15 is 0 Å². The molecule has 0 spiro atoms. The molecule has 1 aliphatic carbocycles. The summed E-state index contributed by atoms with van der Waals surface area (Å²) in [7, 11) is 0. The SMILES string of the molecule is CCCN(Cc1cccn1Cc1ccc(C(=O)N2CC[NH+](CC)CC2)o1)C(=O)C1CC1. The summed E-state index contributed by atoms with van der Waals surface area (Å²) in [4.78, 5) is 30.9. The number of nitrogens with one attached hydrogen (secondary N) is 1. The summed E-state index contributed by atoms with van der Waals surface area (Å²) < 4.78 is 8.04. The molecule has 2 aliphatic rings. The van der Waals surface area contributed by atoms with Crippen molar-refractivity contribution in [2.24, 2.45) is 5.92 Å². The van der Waals surface area contributed by atoms with Crippen LogP contribution in [0.5, 0.6) is 0 Å². The predicted molar refractivity (Wildman–Crippen MR) is 118 cm³/mol. The second kappa shape index (κ2) is 9.73. The lowest BCUT2D eigenvalue weighted by molar-refractivity contribution is -0.902. The number of likely N-dealkylation sites (N-methyl/N-ethyl adjacent to an activating group) is 1. The highest BCUT2D eigenvalue weighted by molar-refractivity contribution is 5.91. The summed E-state index contributed by atoms with van der Waals surface area (Å²) in [6, 6.07) is 7.75. The predicted octanol–water partition coefficient (Wildman–Crippen LogP) is 1.64. The zero-order valence-corrected chi connectivity index (χ0v) is 18.8. The highest BCUT2D eigenvalue weighted by atomic mass is 16.4. The molecule has 168 valence electrons. The molecule has 1 N–H and O–H groups in total. The number of piperazine rings is 1. The second-order valence-corrected chi connectivity index (χ2v) is 8.82. The average Bonchev–Trinajstić information content (AvgIpc) is 3.39. The lowest BCUT2D eigenvalue weighted by Gasteiger charge is -2.31. The van der Waals surface area contributed by atoms with Gasteiger partial charge in [0.05, 0.1) is 45.8 Å². The summed E-state index contributed by atoms with van der Waals surface area (Å²) in [5.41, 5.74) is 1.09. The Bertz CT molecular complexity index is 890. The standard InChI is InChI=1S/C24H34N4O3/c1-3-11-28(23(29)19-7-8-19)17-20-6-5-12-27(20)18-21-9-10-22(31-21)24(30)26-15-13-25(4-2)14-16-26/h5-6,9-10,12,19H,3-4,7-8,11,13-18H2,1-2H3/p+1. The van der Waals surface area contributed by atoms with Crippen molar-refractivity contribution in [3.05, 3.63) is 47.7 Å². The molecule has 0 aromatic carbocycles. The first-order valence-electron chi connectivity index (χ1n) is 11.7. The first kappa shape index (κ1) is 21.7. The van der Waals surface area contributed by atoms with E-state index in [0.29, 0.717) is 18.8 Å². The van der Waals surface area contributed by atoms with E-state index in [2.05, 4.69) is 24.5 Å². The summed E-state index contributed by atoms with van der Waals surface area (Å²) in [5, 5.41) is 0. The van der Waals surface area contributed by atoms with Crippen molar-refractivity contribution in [2.75, 3.05) is 39.3 Å². The minimum Gasteiger partial charge on any atom is -0.454 e. The van der Waals surface area contributed by atoms with E-state index in [-0.39, 0.29) is 17.7 Å². The fraction of sp³-hybridized carbons (Fsp3) is 0.583. The van der Waals surface area contributed by atoms with Crippen LogP contribution in [0.1, 0.15) is 55.1 Å². The number of furan rings is 1. The quantitative estimate of drug-likeness (QED) is 0.662. The Kier molecular flexibility index (Phi) is 6.80. The molecule has 4 rings (SSSR count). The zero-order valence-electron chi connectivity index (χ0n) is 18.8. The molecule has 0 atom stereocenters. The molecule has 0 radical (unpaired) electrons. The molecule has 2 amide bonds. The molecule has 2 aromatic heterocycles. The number of aromatic nitrogens is 1. The number of quaternary nitrogens is 1. The Morgan fingerprint density at radius 2 is 1.94 bits per heavy atom. The molecule has 2 fully saturated rings. The zero-order chi connectivity index (χ0) is 21.8. The van der Waals surface area contributed by atoms with E-state index in [4.69, 9.17) is 4.42 Å². The number of rotatable bonds is 9. The lowest BCUT2D eigenvalue weighted by atomic mass is 10.2. The molecule has 1 saturated carbocycles. The van der Waals surface area contributed by atoms with Gasteiger partial charge in [-0.2, -0.15) is 0 Å². The van der Waals surface area contributed by atoms with Gasteiger partial charge in [0.25, 0.3) is 5.91 Å². The van der Waals surface area contributed by atoms with Gasteiger partial charge in [-0.3, -0.25) is 9.59 Å². The summed E-state index contributed by atoms with van der Waals surface area (Å²) in [6.07, 6.45) is 5.02. The monoisotopic (exact) mass is 427 g/mol. The van der Waals surface area contributed by atoms with Crippen molar-refractivity contribution in [1.29, 1.82) is 0 Å². The smallest absolute Gasteiger partial charge is 0.289 e. The van der Waals surface area contributed by atoms with Crippen molar-refractivity contribution in [2.45, 2.75) is 46.2 Å². The molecule has 7 heteroatoms. The van der Waals surface area contributed by atoms with Gasteiger partial charge in [0.2, 0.25) is 5.91 Å². The maximum atomic E-state index is 12.8. The van der Waals surface area contributed by atoms with Gasteiger partial charge in [-0.05, 0) is 50.5 Å². The number of amides is 2. The van der Waals surface area contributed by atoms with E-state index in [1.165, 1.54) is 0 Å². The molecule has 1 aliphatic heterocycles. The third-order valence-corrected chi connectivity index (χ3v) is 6.46. The van der Waals surface area contributed by atoms with Crippen molar-refractivity contribution in [3.8, 4) is 0 Å². The van der Waals surface area contributed by atoms with Crippen LogP contribution in [0.4, 0.5) is 0 Å². The summed E-state index contributed by atoms with van der Waals surface area (Å²) >= 11 is 0. The van der Waals surface area contributed by atoms with Crippen LogP contribution >= 0.6 is 0 Å². The summed E-state index contributed by atoms with van der Waals surface area (Å²) in [5.74, 6) is 1.67. The summed E-state index contributed by atoms with van der Waals surface area (Å²) in [6.45, 7) is 10.9. The lowest BCUT2D eigenvalue weighted by Crippen LogP contribution is -3.14. The maximum absolute atomic E-state index is 12.8. The first-order valence-corrected chi connectivity index (χ1v) is 11.7. The van der Waals surface area contributed by atoms with E-state index in [1.54, 1.807) is 11.0 Å². The first-order chi connectivity index (χ1) is 15.1.